The maximum Gasteiger partial charge on any atom is 0.180 e. The third-order valence-corrected chi connectivity index (χ3v) is 2.99. The molecule has 1 aromatic carbocycles. The monoisotopic (exact) mass is 302 g/mol. The van der Waals surface area contributed by atoms with Crippen LogP contribution in [-0.2, 0) is 6.61 Å². The zero-order chi connectivity index (χ0) is 15.2. The fraction of sp³-hybridized carbons (Fsp3) is 0.133. The number of nitriles is 1. The summed E-state index contributed by atoms with van der Waals surface area (Å²) in [6.45, 7) is 0.202. The molecule has 21 heavy (non-hydrogen) atoms. The number of carbonyl (C=O) groups excluding carboxylic acids is 1. The largest absolute Gasteiger partial charge is 0.493 e. The van der Waals surface area contributed by atoms with Crippen LogP contribution in [0.5, 0.6) is 11.5 Å². The minimum atomic E-state index is 0.202. The van der Waals surface area contributed by atoms with Crippen LogP contribution >= 0.6 is 11.6 Å². The highest BCUT2D eigenvalue weighted by molar-refractivity contribution is 6.32. The number of pyridine rings is 1. The maximum atomic E-state index is 10.8. The molecule has 0 fully saturated rings. The quantitative estimate of drug-likeness (QED) is 0.794. The SMILES string of the molecule is COc1cc(C=O)cc(Cl)c1OCc1ccnc(C#N)c1. The van der Waals surface area contributed by atoms with Crippen LogP contribution in [0.15, 0.2) is 30.5 Å². The van der Waals surface area contributed by atoms with Crippen molar-refractivity contribution >= 4 is 17.9 Å². The van der Waals surface area contributed by atoms with Gasteiger partial charge in [-0.25, -0.2) is 4.98 Å². The third-order valence-electron chi connectivity index (χ3n) is 2.71. The molecule has 0 bridgehead atoms. The van der Waals surface area contributed by atoms with E-state index in [2.05, 4.69) is 4.98 Å². The van der Waals surface area contributed by atoms with Crippen molar-refractivity contribution in [3.05, 3.63) is 52.3 Å². The van der Waals surface area contributed by atoms with Crippen LogP contribution in [0.1, 0.15) is 21.6 Å². The van der Waals surface area contributed by atoms with Crippen molar-refractivity contribution in [2.45, 2.75) is 6.61 Å². The van der Waals surface area contributed by atoms with Gasteiger partial charge in [0, 0.05) is 11.8 Å². The Balaban J connectivity index is 2.23. The van der Waals surface area contributed by atoms with Gasteiger partial charge in [0.25, 0.3) is 0 Å². The predicted octanol–water partition coefficient (Wildman–Crippen LogP) is 3.01. The van der Waals surface area contributed by atoms with Crippen LogP contribution in [0.3, 0.4) is 0 Å². The Morgan fingerprint density at radius 1 is 1.43 bits per heavy atom. The lowest BCUT2D eigenvalue weighted by Gasteiger charge is -2.13. The topological polar surface area (TPSA) is 72.2 Å². The molecule has 0 aliphatic carbocycles. The van der Waals surface area contributed by atoms with E-state index in [-0.39, 0.29) is 11.6 Å². The molecule has 1 heterocycles. The Bertz CT molecular complexity index is 711. The Morgan fingerprint density at radius 3 is 2.90 bits per heavy atom. The summed E-state index contributed by atoms with van der Waals surface area (Å²) in [5.41, 5.74) is 1.49. The van der Waals surface area contributed by atoms with Crippen LogP contribution in [0.2, 0.25) is 5.02 Å². The number of benzene rings is 1. The molecule has 0 saturated carbocycles. The van der Waals surface area contributed by atoms with Gasteiger partial charge < -0.3 is 9.47 Å². The molecule has 0 radical (unpaired) electrons. The van der Waals surface area contributed by atoms with Gasteiger partial charge in [-0.05, 0) is 29.8 Å². The second-order valence-electron chi connectivity index (χ2n) is 4.10. The number of hydrogen-bond donors (Lipinski definition) is 0. The standard InChI is InChI=1S/C15H11ClN2O3/c1-20-14-6-11(8-19)5-13(16)15(14)21-9-10-2-3-18-12(4-10)7-17/h2-6,8H,9H2,1H3. The first-order valence-electron chi connectivity index (χ1n) is 5.98. The van der Waals surface area contributed by atoms with Crippen molar-refractivity contribution in [3.63, 3.8) is 0 Å². The van der Waals surface area contributed by atoms with Crippen LogP contribution < -0.4 is 9.47 Å². The fourth-order valence-corrected chi connectivity index (χ4v) is 2.00. The highest BCUT2D eigenvalue weighted by Crippen LogP contribution is 2.36. The Kier molecular flexibility index (Phi) is 4.75. The molecule has 0 saturated heterocycles. The van der Waals surface area contributed by atoms with E-state index in [1.54, 1.807) is 18.2 Å². The van der Waals surface area contributed by atoms with Crippen molar-refractivity contribution in [2.24, 2.45) is 0 Å². The predicted molar refractivity (Wildman–Crippen MR) is 76.7 cm³/mol. The number of carbonyl (C=O) groups is 1. The van der Waals surface area contributed by atoms with E-state index < -0.39 is 0 Å². The van der Waals surface area contributed by atoms with Gasteiger partial charge >= 0.3 is 0 Å². The van der Waals surface area contributed by atoms with Gasteiger partial charge in [-0.3, -0.25) is 4.79 Å². The van der Waals surface area contributed by atoms with Gasteiger partial charge in [-0.2, -0.15) is 5.26 Å². The van der Waals surface area contributed by atoms with E-state index >= 15 is 0 Å². The number of ether oxygens (including phenoxy) is 2. The fourth-order valence-electron chi connectivity index (χ4n) is 1.73. The second-order valence-corrected chi connectivity index (χ2v) is 4.51. The van der Waals surface area contributed by atoms with Crippen molar-refractivity contribution in [1.29, 1.82) is 5.26 Å². The number of methoxy groups -OCH3 is 1. The molecular formula is C15H11ClN2O3. The number of nitrogens with zero attached hydrogens (tertiary/aromatic N) is 2. The second kappa shape index (κ2) is 6.73. The van der Waals surface area contributed by atoms with Crippen LogP contribution in [0.4, 0.5) is 0 Å². The van der Waals surface area contributed by atoms with Crippen molar-refractivity contribution in [2.75, 3.05) is 7.11 Å². The average molecular weight is 303 g/mol. The summed E-state index contributed by atoms with van der Waals surface area (Å²) in [5.74, 6) is 0.722. The van der Waals surface area contributed by atoms with E-state index in [0.29, 0.717) is 29.0 Å². The Morgan fingerprint density at radius 2 is 2.24 bits per heavy atom. The van der Waals surface area contributed by atoms with Gasteiger partial charge in [0.15, 0.2) is 11.5 Å². The molecule has 2 rings (SSSR count). The maximum absolute atomic E-state index is 10.8. The van der Waals surface area contributed by atoms with E-state index in [0.717, 1.165) is 5.56 Å². The van der Waals surface area contributed by atoms with Gasteiger partial charge in [-0.15, -0.1) is 0 Å². The van der Waals surface area contributed by atoms with Crippen molar-refractivity contribution < 1.29 is 14.3 Å². The summed E-state index contributed by atoms with van der Waals surface area (Å²) < 4.78 is 10.8. The number of halogens is 1. The Hall–Kier alpha value is -2.58. The van der Waals surface area contributed by atoms with E-state index in [4.69, 9.17) is 26.3 Å². The Labute approximate surface area is 126 Å². The smallest absolute Gasteiger partial charge is 0.180 e. The molecule has 5 nitrogen and oxygen atoms in total. The first-order chi connectivity index (χ1) is 10.2. The molecule has 0 aliphatic rings. The van der Waals surface area contributed by atoms with Gasteiger partial charge in [0.1, 0.15) is 24.7 Å². The summed E-state index contributed by atoms with van der Waals surface area (Å²) in [6.07, 6.45) is 2.21. The summed E-state index contributed by atoms with van der Waals surface area (Å²) in [6, 6.07) is 8.36. The highest BCUT2D eigenvalue weighted by Gasteiger charge is 2.12. The summed E-state index contributed by atoms with van der Waals surface area (Å²) in [4.78, 5) is 14.7. The van der Waals surface area contributed by atoms with Gasteiger partial charge in [0.2, 0.25) is 0 Å². The zero-order valence-corrected chi connectivity index (χ0v) is 11.9. The van der Waals surface area contributed by atoms with Gasteiger partial charge in [-0.1, -0.05) is 11.6 Å². The van der Waals surface area contributed by atoms with Crippen molar-refractivity contribution in [3.8, 4) is 17.6 Å². The van der Waals surface area contributed by atoms with Crippen molar-refractivity contribution in [1.82, 2.24) is 4.98 Å². The molecule has 0 atom stereocenters. The number of hydrogen-bond acceptors (Lipinski definition) is 5. The van der Waals surface area contributed by atoms with Gasteiger partial charge in [0.05, 0.1) is 12.1 Å². The molecule has 6 heteroatoms. The lowest BCUT2D eigenvalue weighted by molar-refractivity contribution is 0.112. The minimum absolute atomic E-state index is 0.202. The molecule has 0 amide bonds. The molecule has 106 valence electrons. The molecule has 2 aromatic rings. The number of aromatic nitrogens is 1. The first kappa shape index (κ1) is 14.8. The molecule has 1 aromatic heterocycles. The van der Waals surface area contributed by atoms with Crippen LogP contribution in [0, 0.1) is 11.3 Å². The summed E-state index contributed by atoms with van der Waals surface area (Å²) in [7, 11) is 1.47. The van der Waals surface area contributed by atoms with Crippen LogP contribution in [-0.4, -0.2) is 18.4 Å². The van der Waals surface area contributed by atoms with E-state index in [1.807, 2.05) is 6.07 Å². The summed E-state index contributed by atoms with van der Waals surface area (Å²) in [5, 5.41) is 9.09. The number of aldehydes is 1. The highest BCUT2D eigenvalue weighted by atomic mass is 35.5. The average Bonchev–Trinajstić information content (AvgIpc) is 2.53. The normalized spacial score (nSPS) is 9.76. The van der Waals surface area contributed by atoms with Crippen LogP contribution in [0.25, 0.3) is 0 Å². The molecule has 0 N–H and O–H groups in total. The third kappa shape index (κ3) is 3.50. The minimum Gasteiger partial charge on any atom is -0.493 e. The molecular weight excluding hydrogens is 292 g/mol. The van der Waals surface area contributed by atoms with E-state index in [1.165, 1.54) is 19.4 Å². The van der Waals surface area contributed by atoms with E-state index in [9.17, 15) is 4.79 Å². The zero-order valence-electron chi connectivity index (χ0n) is 11.2. The molecule has 0 aliphatic heterocycles. The lowest BCUT2D eigenvalue weighted by Crippen LogP contribution is -2.00. The first-order valence-corrected chi connectivity index (χ1v) is 6.36. The summed E-state index contributed by atoms with van der Waals surface area (Å²) >= 11 is 6.09. The molecule has 0 spiro atoms. The number of rotatable bonds is 5. The lowest BCUT2D eigenvalue weighted by atomic mass is 10.2. The molecule has 0 unspecified atom stereocenters.